The summed E-state index contributed by atoms with van der Waals surface area (Å²) in [5.41, 5.74) is 3.34. The molecule has 1 unspecified atom stereocenters. The summed E-state index contributed by atoms with van der Waals surface area (Å²) in [6.45, 7) is 2.29. The molecule has 0 aliphatic carbocycles. The van der Waals surface area contributed by atoms with Crippen LogP contribution in [0.3, 0.4) is 0 Å². The van der Waals surface area contributed by atoms with E-state index in [0.29, 0.717) is 6.54 Å². The predicted octanol–water partition coefficient (Wildman–Crippen LogP) is 6.69. The number of benzene rings is 4. The SMILES string of the molecule is O=[P+]1N(c2ccccc2)C[C@H](CCNc2ccccc2)N1Cc1ccc2ccccc2c1. The molecular weight excluding hydrogens is 413 g/mol. The Morgan fingerprint density at radius 3 is 2.28 bits per heavy atom. The molecule has 5 rings (SSSR count). The molecule has 1 fully saturated rings. The van der Waals surface area contributed by atoms with Gasteiger partial charge >= 0.3 is 8.10 Å². The fourth-order valence-electron chi connectivity index (χ4n) is 4.34. The molecular formula is C27H27N3OP+. The van der Waals surface area contributed by atoms with Crippen LogP contribution in [-0.4, -0.2) is 23.8 Å². The molecule has 0 bridgehead atoms. The maximum Gasteiger partial charge on any atom is 0.567 e. The van der Waals surface area contributed by atoms with Crippen LogP contribution in [0.25, 0.3) is 10.8 Å². The second-order valence-corrected chi connectivity index (χ2v) is 9.69. The van der Waals surface area contributed by atoms with E-state index in [1.54, 1.807) is 0 Å². The van der Waals surface area contributed by atoms with E-state index in [-0.39, 0.29) is 6.04 Å². The van der Waals surface area contributed by atoms with Gasteiger partial charge in [0.15, 0.2) is 0 Å². The molecule has 1 aliphatic rings. The largest absolute Gasteiger partial charge is 0.567 e. The van der Waals surface area contributed by atoms with Gasteiger partial charge in [0.1, 0.15) is 0 Å². The Bertz CT molecular complexity index is 1200. The smallest absolute Gasteiger partial charge is 0.385 e. The van der Waals surface area contributed by atoms with Gasteiger partial charge in [0.2, 0.25) is 0 Å². The average molecular weight is 441 g/mol. The number of nitrogens with one attached hydrogen (secondary N) is 1. The molecule has 0 saturated carbocycles. The van der Waals surface area contributed by atoms with E-state index in [1.165, 1.54) is 16.3 Å². The van der Waals surface area contributed by atoms with Crippen LogP contribution < -0.4 is 9.99 Å². The number of fused-ring (bicyclic) bond motifs is 1. The molecule has 0 radical (unpaired) electrons. The van der Waals surface area contributed by atoms with Crippen LogP contribution in [0.4, 0.5) is 11.4 Å². The first-order valence-electron chi connectivity index (χ1n) is 11.1. The van der Waals surface area contributed by atoms with Gasteiger partial charge in [-0.25, -0.2) is 0 Å². The third-order valence-electron chi connectivity index (χ3n) is 6.02. The Balaban J connectivity index is 1.36. The fraction of sp³-hybridized carbons (Fsp3) is 0.185. The molecule has 1 saturated heterocycles. The van der Waals surface area contributed by atoms with E-state index in [4.69, 9.17) is 0 Å². The number of hydrogen-bond donors (Lipinski definition) is 1. The lowest BCUT2D eigenvalue weighted by atomic mass is 10.1. The first-order chi connectivity index (χ1) is 15.8. The van der Waals surface area contributed by atoms with Gasteiger partial charge in [0.05, 0.1) is 24.8 Å². The lowest BCUT2D eigenvalue weighted by Gasteiger charge is -2.15. The first kappa shape index (κ1) is 20.7. The molecule has 32 heavy (non-hydrogen) atoms. The van der Waals surface area contributed by atoms with E-state index in [1.807, 2.05) is 48.5 Å². The first-order valence-corrected chi connectivity index (χ1v) is 12.3. The standard InChI is InChI=1S/C27H27N3OP/c31-32-29(20-22-15-16-23-9-7-8-10-24(23)19-22)27(17-18-28-25-11-3-1-4-12-25)21-30(32)26-13-5-2-6-14-26/h1-16,19,27-28H,17-18,20-21H2/q+1/t27-/m0/s1. The number of anilines is 2. The minimum absolute atomic E-state index is 0.210. The summed E-state index contributed by atoms with van der Waals surface area (Å²) in [5, 5.41) is 5.97. The number of nitrogens with zero attached hydrogens (tertiary/aromatic N) is 2. The van der Waals surface area contributed by atoms with Crippen molar-refractivity contribution in [3.05, 3.63) is 109 Å². The monoisotopic (exact) mass is 440 g/mol. The predicted molar refractivity (Wildman–Crippen MR) is 134 cm³/mol. The quantitative estimate of drug-likeness (QED) is 0.325. The van der Waals surface area contributed by atoms with Crippen molar-refractivity contribution in [3.63, 3.8) is 0 Å². The summed E-state index contributed by atoms with van der Waals surface area (Å²) in [4.78, 5) is 0. The molecule has 1 heterocycles. The molecule has 0 amide bonds. The van der Waals surface area contributed by atoms with Gasteiger partial charge in [0.25, 0.3) is 0 Å². The second kappa shape index (κ2) is 9.52. The van der Waals surface area contributed by atoms with Gasteiger partial charge in [-0.05, 0) is 57.7 Å². The van der Waals surface area contributed by atoms with Crippen LogP contribution in [0.5, 0.6) is 0 Å². The molecule has 4 aromatic carbocycles. The van der Waals surface area contributed by atoms with E-state index in [9.17, 15) is 4.57 Å². The second-order valence-electron chi connectivity index (χ2n) is 8.18. The number of rotatable bonds is 7. The average Bonchev–Trinajstić information content (AvgIpc) is 3.15. The number of hydrogen-bond acceptors (Lipinski definition) is 2. The number of para-hydroxylation sites is 2. The minimum Gasteiger partial charge on any atom is -0.385 e. The Labute approximate surface area is 190 Å². The summed E-state index contributed by atoms with van der Waals surface area (Å²) >= 11 is 0. The van der Waals surface area contributed by atoms with Crippen molar-refractivity contribution < 1.29 is 4.57 Å². The van der Waals surface area contributed by atoms with Crippen molar-refractivity contribution in [2.75, 3.05) is 23.1 Å². The Hall–Kier alpha value is -3.20. The van der Waals surface area contributed by atoms with Crippen molar-refractivity contribution in [2.24, 2.45) is 0 Å². The lowest BCUT2D eigenvalue weighted by Crippen LogP contribution is -2.29. The van der Waals surface area contributed by atoms with Crippen LogP contribution in [-0.2, 0) is 11.1 Å². The molecule has 4 aromatic rings. The van der Waals surface area contributed by atoms with Crippen LogP contribution >= 0.6 is 8.10 Å². The third-order valence-corrected chi connectivity index (χ3v) is 7.74. The normalized spacial score (nSPS) is 17.7. The van der Waals surface area contributed by atoms with Crippen molar-refractivity contribution >= 4 is 30.2 Å². The Morgan fingerprint density at radius 1 is 0.812 bits per heavy atom. The van der Waals surface area contributed by atoms with Crippen LogP contribution in [0.1, 0.15) is 12.0 Å². The van der Waals surface area contributed by atoms with Crippen molar-refractivity contribution in [1.29, 1.82) is 0 Å². The van der Waals surface area contributed by atoms with E-state index in [2.05, 4.69) is 69.3 Å². The summed E-state index contributed by atoms with van der Waals surface area (Å²) < 4.78 is 17.8. The summed E-state index contributed by atoms with van der Waals surface area (Å²) in [6.07, 6.45) is 0.923. The molecule has 5 heteroatoms. The Morgan fingerprint density at radius 2 is 1.50 bits per heavy atom. The van der Waals surface area contributed by atoms with E-state index >= 15 is 0 Å². The highest BCUT2D eigenvalue weighted by Gasteiger charge is 2.50. The molecule has 0 aromatic heterocycles. The zero-order valence-electron chi connectivity index (χ0n) is 18.0. The molecule has 4 nitrogen and oxygen atoms in total. The van der Waals surface area contributed by atoms with Crippen LogP contribution in [0, 0.1) is 0 Å². The van der Waals surface area contributed by atoms with E-state index < -0.39 is 8.10 Å². The zero-order valence-corrected chi connectivity index (χ0v) is 18.9. The van der Waals surface area contributed by atoms with Gasteiger partial charge in [-0.15, -0.1) is 4.67 Å². The highest BCUT2D eigenvalue weighted by molar-refractivity contribution is 7.44. The van der Waals surface area contributed by atoms with Crippen LogP contribution in [0.2, 0.25) is 0 Å². The molecule has 1 aliphatic heterocycles. The van der Waals surface area contributed by atoms with Gasteiger partial charge < -0.3 is 5.32 Å². The van der Waals surface area contributed by atoms with E-state index in [0.717, 1.165) is 30.9 Å². The Kier molecular flexibility index (Phi) is 6.15. The summed E-state index contributed by atoms with van der Waals surface area (Å²) in [5.74, 6) is 0. The van der Waals surface area contributed by atoms with Crippen molar-refractivity contribution in [1.82, 2.24) is 4.67 Å². The third kappa shape index (κ3) is 4.52. The molecule has 1 N–H and O–H groups in total. The zero-order chi connectivity index (χ0) is 21.8. The minimum atomic E-state index is -1.66. The van der Waals surface area contributed by atoms with Gasteiger partial charge in [-0.3, -0.25) is 0 Å². The molecule has 160 valence electrons. The van der Waals surface area contributed by atoms with Gasteiger partial charge in [0, 0.05) is 12.2 Å². The fourth-order valence-corrected chi connectivity index (χ4v) is 6.03. The topological polar surface area (TPSA) is 35.6 Å². The van der Waals surface area contributed by atoms with Gasteiger partial charge in [-0.1, -0.05) is 77.5 Å². The summed E-state index contributed by atoms with van der Waals surface area (Å²) in [6, 6.07) is 35.5. The lowest BCUT2D eigenvalue weighted by molar-refractivity contribution is 0.343. The molecule has 2 atom stereocenters. The maximum absolute atomic E-state index is 13.6. The highest BCUT2D eigenvalue weighted by Crippen LogP contribution is 2.46. The van der Waals surface area contributed by atoms with Gasteiger partial charge in [-0.2, -0.15) is 0 Å². The van der Waals surface area contributed by atoms with Crippen molar-refractivity contribution in [2.45, 2.75) is 19.0 Å². The highest BCUT2D eigenvalue weighted by atomic mass is 31.1. The van der Waals surface area contributed by atoms with Crippen molar-refractivity contribution in [3.8, 4) is 0 Å². The molecule has 0 spiro atoms. The van der Waals surface area contributed by atoms with Crippen LogP contribution in [0.15, 0.2) is 103 Å². The maximum atomic E-state index is 13.6. The summed E-state index contributed by atoms with van der Waals surface area (Å²) in [7, 11) is -1.66.